The van der Waals surface area contributed by atoms with Crippen LogP contribution in [0.5, 0.6) is 5.75 Å². The standard InChI is InChI=1S/C38H53NO5/c1-5-7-8-9-10-11-12-13-14-15-16-17-18-19-20-21-22-23-24-31(6-2)36(41)28-32(27-30(3)4)37(42)39-33-25-26-35(40)34(29-33)38(43)44/h7-8,10-11,13-14,16-17,19-20,22-23,25-26,29-32,40H,5-6,9,12,15,18,21,24,27-28H2,1-4H3,(H,39,42)(H,43,44)/b8-7-,11-10-,14-13-,17-16-,20-19-,23-22-. The number of Topliss-reactive ketones (excluding diaryl/α,β-unsaturated/α-hetero) is 1. The maximum atomic E-state index is 13.2. The minimum absolute atomic E-state index is 0.0600. The van der Waals surface area contributed by atoms with Crippen LogP contribution in [0.2, 0.25) is 0 Å². The Labute approximate surface area is 265 Å². The van der Waals surface area contributed by atoms with Gasteiger partial charge < -0.3 is 15.5 Å². The van der Waals surface area contributed by atoms with E-state index in [2.05, 4.69) is 79.1 Å². The molecule has 2 unspecified atom stereocenters. The maximum Gasteiger partial charge on any atom is 0.339 e. The van der Waals surface area contributed by atoms with Crippen LogP contribution in [0.3, 0.4) is 0 Å². The molecular weight excluding hydrogens is 550 g/mol. The largest absolute Gasteiger partial charge is 0.507 e. The van der Waals surface area contributed by atoms with Crippen LogP contribution in [0.1, 0.15) is 102 Å². The molecule has 0 aliphatic heterocycles. The van der Waals surface area contributed by atoms with Gasteiger partial charge in [-0.15, -0.1) is 0 Å². The molecule has 6 nitrogen and oxygen atoms in total. The van der Waals surface area contributed by atoms with Gasteiger partial charge in [-0.05, 0) is 81.9 Å². The van der Waals surface area contributed by atoms with Crippen molar-refractivity contribution in [2.45, 2.75) is 91.9 Å². The third-order valence-corrected chi connectivity index (χ3v) is 7.03. The van der Waals surface area contributed by atoms with Gasteiger partial charge in [0.05, 0.1) is 0 Å². The smallest absolute Gasteiger partial charge is 0.339 e. The first-order valence-electron chi connectivity index (χ1n) is 16.0. The van der Waals surface area contributed by atoms with Crippen LogP contribution >= 0.6 is 0 Å². The van der Waals surface area contributed by atoms with Crippen molar-refractivity contribution < 1.29 is 24.6 Å². The molecule has 1 aromatic rings. The molecule has 0 saturated carbocycles. The van der Waals surface area contributed by atoms with E-state index in [9.17, 15) is 24.6 Å². The number of allylic oxidation sites excluding steroid dienone is 12. The van der Waals surface area contributed by atoms with Crippen molar-refractivity contribution in [3.8, 4) is 5.75 Å². The number of carboxylic acids is 1. The fraction of sp³-hybridized carbons (Fsp3) is 0.447. The van der Waals surface area contributed by atoms with Gasteiger partial charge in [0, 0.05) is 23.9 Å². The summed E-state index contributed by atoms with van der Waals surface area (Å²) in [5.41, 5.74) is -0.0156. The number of carbonyl (C=O) groups excluding carboxylic acids is 2. The molecule has 240 valence electrons. The Morgan fingerprint density at radius 2 is 1.25 bits per heavy atom. The Bertz CT molecular complexity index is 1190. The van der Waals surface area contributed by atoms with Crippen LogP contribution in [-0.4, -0.2) is 27.9 Å². The number of aromatic carboxylic acids is 1. The molecular formula is C38H53NO5. The molecule has 0 saturated heterocycles. The number of carboxylic acid groups (broad SMARTS) is 1. The average Bonchev–Trinajstić information content (AvgIpc) is 2.98. The van der Waals surface area contributed by atoms with Crippen LogP contribution in [0, 0.1) is 17.8 Å². The number of nitrogens with one attached hydrogen (secondary N) is 1. The summed E-state index contributed by atoms with van der Waals surface area (Å²) >= 11 is 0. The highest BCUT2D eigenvalue weighted by Crippen LogP contribution is 2.25. The third kappa shape index (κ3) is 17.3. The molecule has 0 radical (unpaired) electrons. The van der Waals surface area contributed by atoms with Crippen molar-refractivity contribution in [1.82, 2.24) is 0 Å². The SMILES string of the molecule is CC/C=C\C/C=C\C/C=C\C/C=C\C/C=C\C/C=C\CC(CC)C(=O)CC(CC(C)C)C(=O)Nc1ccc(O)c(C(=O)O)c1. The monoisotopic (exact) mass is 603 g/mol. The van der Waals surface area contributed by atoms with Crippen LogP contribution in [-0.2, 0) is 9.59 Å². The van der Waals surface area contributed by atoms with Crippen LogP contribution < -0.4 is 5.32 Å². The van der Waals surface area contributed by atoms with Gasteiger partial charge in [0.1, 0.15) is 17.1 Å². The Balaban J connectivity index is 2.48. The molecule has 0 aliphatic rings. The maximum absolute atomic E-state index is 13.2. The normalized spacial score (nSPS) is 13.8. The fourth-order valence-electron chi connectivity index (χ4n) is 4.60. The number of benzene rings is 1. The first-order valence-corrected chi connectivity index (χ1v) is 16.0. The van der Waals surface area contributed by atoms with E-state index >= 15 is 0 Å². The molecule has 0 heterocycles. The van der Waals surface area contributed by atoms with E-state index in [1.165, 1.54) is 18.2 Å². The number of rotatable bonds is 22. The number of ketones is 1. The second-order valence-electron chi connectivity index (χ2n) is 11.3. The first-order chi connectivity index (χ1) is 21.2. The van der Waals surface area contributed by atoms with E-state index in [-0.39, 0.29) is 46.9 Å². The van der Waals surface area contributed by atoms with Gasteiger partial charge in [0.2, 0.25) is 5.91 Å². The Morgan fingerprint density at radius 3 is 1.70 bits per heavy atom. The molecule has 2 atom stereocenters. The van der Waals surface area contributed by atoms with Gasteiger partial charge in [0.25, 0.3) is 0 Å². The molecule has 1 rings (SSSR count). The number of hydrogen-bond acceptors (Lipinski definition) is 4. The van der Waals surface area contributed by atoms with Gasteiger partial charge in [-0.1, -0.05) is 101 Å². The predicted octanol–water partition coefficient (Wildman–Crippen LogP) is 9.76. The minimum Gasteiger partial charge on any atom is -0.507 e. The third-order valence-electron chi connectivity index (χ3n) is 7.03. The first kappa shape index (κ1) is 38.1. The van der Waals surface area contributed by atoms with Crippen molar-refractivity contribution in [3.63, 3.8) is 0 Å². The van der Waals surface area contributed by atoms with Crippen molar-refractivity contribution in [3.05, 3.63) is 96.7 Å². The Kier molecular flexibility index (Phi) is 20.4. The molecule has 0 aromatic heterocycles. The number of amides is 1. The second-order valence-corrected chi connectivity index (χ2v) is 11.3. The summed E-state index contributed by atoms with van der Waals surface area (Å²) in [5.74, 6) is -2.39. The van der Waals surface area contributed by atoms with Gasteiger partial charge >= 0.3 is 5.97 Å². The molecule has 1 aromatic carbocycles. The van der Waals surface area contributed by atoms with E-state index < -0.39 is 11.9 Å². The van der Waals surface area contributed by atoms with E-state index in [0.29, 0.717) is 19.3 Å². The Hall–Kier alpha value is -3.93. The number of hydrogen-bond donors (Lipinski definition) is 3. The number of phenols is 1. The lowest BCUT2D eigenvalue weighted by Crippen LogP contribution is -2.28. The van der Waals surface area contributed by atoms with E-state index in [4.69, 9.17) is 0 Å². The van der Waals surface area contributed by atoms with Crippen LogP contribution in [0.15, 0.2) is 91.1 Å². The zero-order chi connectivity index (χ0) is 32.6. The van der Waals surface area contributed by atoms with Gasteiger partial charge in [-0.3, -0.25) is 9.59 Å². The van der Waals surface area contributed by atoms with Gasteiger partial charge in [0.15, 0.2) is 0 Å². The van der Waals surface area contributed by atoms with Crippen LogP contribution in [0.4, 0.5) is 5.69 Å². The lowest BCUT2D eigenvalue weighted by molar-refractivity contribution is -0.129. The highest BCUT2D eigenvalue weighted by Gasteiger charge is 2.26. The minimum atomic E-state index is -1.28. The van der Waals surface area contributed by atoms with Gasteiger partial charge in [-0.25, -0.2) is 4.79 Å². The fourth-order valence-corrected chi connectivity index (χ4v) is 4.60. The lowest BCUT2D eigenvalue weighted by Gasteiger charge is -2.21. The highest BCUT2D eigenvalue weighted by molar-refractivity contribution is 5.98. The number of aromatic hydroxyl groups is 1. The number of carbonyl (C=O) groups is 3. The summed E-state index contributed by atoms with van der Waals surface area (Å²) < 4.78 is 0. The topological polar surface area (TPSA) is 104 Å². The summed E-state index contributed by atoms with van der Waals surface area (Å²) in [6.07, 6.45) is 33.6. The van der Waals surface area contributed by atoms with Crippen molar-refractivity contribution in [1.29, 1.82) is 0 Å². The summed E-state index contributed by atoms with van der Waals surface area (Å²) in [5, 5.41) is 21.7. The molecule has 3 N–H and O–H groups in total. The zero-order valence-corrected chi connectivity index (χ0v) is 27.1. The average molecular weight is 604 g/mol. The van der Waals surface area contributed by atoms with E-state index in [1.807, 2.05) is 26.8 Å². The lowest BCUT2D eigenvalue weighted by atomic mass is 9.86. The molecule has 0 fully saturated rings. The quantitative estimate of drug-likeness (QED) is 0.0904. The summed E-state index contributed by atoms with van der Waals surface area (Å²) in [4.78, 5) is 37.6. The number of anilines is 1. The van der Waals surface area contributed by atoms with Crippen molar-refractivity contribution in [2.75, 3.05) is 5.32 Å². The van der Waals surface area contributed by atoms with Crippen molar-refractivity contribution >= 4 is 23.3 Å². The van der Waals surface area contributed by atoms with Crippen LogP contribution in [0.25, 0.3) is 0 Å². The van der Waals surface area contributed by atoms with E-state index in [1.54, 1.807) is 0 Å². The molecule has 0 aliphatic carbocycles. The second kappa shape index (κ2) is 23.5. The van der Waals surface area contributed by atoms with Gasteiger partial charge in [-0.2, -0.15) is 0 Å². The summed E-state index contributed by atoms with van der Waals surface area (Å²) in [6, 6.07) is 3.91. The highest BCUT2D eigenvalue weighted by atomic mass is 16.4. The zero-order valence-electron chi connectivity index (χ0n) is 27.1. The van der Waals surface area contributed by atoms with Crippen molar-refractivity contribution in [2.24, 2.45) is 17.8 Å². The molecule has 6 heteroatoms. The summed E-state index contributed by atoms with van der Waals surface area (Å²) in [7, 11) is 0. The summed E-state index contributed by atoms with van der Waals surface area (Å²) in [6.45, 7) is 8.13. The molecule has 0 bridgehead atoms. The molecule has 0 spiro atoms. The molecule has 1 amide bonds. The van der Waals surface area contributed by atoms with E-state index in [0.717, 1.165) is 38.5 Å². The Morgan fingerprint density at radius 1 is 0.750 bits per heavy atom. The molecule has 44 heavy (non-hydrogen) atoms. The predicted molar refractivity (Wildman–Crippen MR) is 183 cm³/mol.